The van der Waals surface area contributed by atoms with E-state index in [1.807, 2.05) is 0 Å². The maximum atomic E-state index is 11.3. The van der Waals surface area contributed by atoms with Crippen molar-refractivity contribution in [3.8, 4) is 34.3 Å². The number of aromatic hydroxyl groups is 2. The zero-order valence-electron chi connectivity index (χ0n) is 13.5. The van der Waals surface area contributed by atoms with E-state index in [9.17, 15) is 20.3 Å². The third-order valence-electron chi connectivity index (χ3n) is 3.78. The Bertz CT molecular complexity index is 1080. The normalized spacial score (nSPS) is 12.6. The number of hydrogen-bond acceptors (Lipinski definition) is 9. The molecule has 136 valence electrons. The average molecular weight is 385 g/mol. The highest BCUT2D eigenvalue weighted by Crippen LogP contribution is 2.38. The van der Waals surface area contributed by atoms with Crippen LogP contribution in [0, 0.1) is 10.1 Å². The van der Waals surface area contributed by atoms with E-state index in [0.29, 0.717) is 27.9 Å². The van der Waals surface area contributed by atoms with Crippen molar-refractivity contribution in [3.05, 3.63) is 51.4 Å². The van der Waals surface area contributed by atoms with Crippen LogP contribution >= 0.6 is 11.3 Å². The second kappa shape index (κ2) is 6.57. The van der Waals surface area contributed by atoms with Gasteiger partial charge in [-0.3, -0.25) is 10.1 Å². The van der Waals surface area contributed by atoms with Gasteiger partial charge >= 0.3 is 0 Å². The quantitative estimate of drug-likeness (QED) is 0.399. The van der Waals surface area contributed by atoms with E-state index >= 15 is 0 Å². The van der Waals surface area contributed by atoms with E-state index in [2.05, 4.69) is 9.98 Å². The van der Waals surface area contributed by atoms with E-state index in [0.717, 1.165) is 0 Å². The molecule has 9 nitrogen and oxygen atoms in total. The third kappa shape index (κ3) is 3.25. The van der Waals surface area contributed by atoms with Crippen LogP contribution in [0.4, 0.5) is 10.8 Å². The third-order valence-corrected chi connectivity index (χ3v) is 4.53. The molecule has 2 N–H and O–H groups in total. The second-order valence-corrected chi connectivity index (χ2v) is 6.33. The molecule has 10 heteroatoms. The van der Waals surface area contributed by atoms with E-state index in [4.69, 9.17) is 9.47 Å². The Morgan fingerprint density at radius 1 is 1.22 bits per heavy atom. The molecule has 27 heavy (non-hydrogen) atoms. The fraction of sp³-hybridized carbons (Fsp3) is 0.0588. The lowest BCUT2D eigenvalue weighted by Gasteiger charge is -2.01. The monoisotopic (exact) mass is 385 g/mol. The van der Waals surface area contributed by atoms with E-state index in [-0.39, 0.29) is 29.5 Å². The summed E-state index contributed by atoms with van der Waals surface area (Å²) in [6, 6.07) is 6.98. The van der Waals surface area contributed by atoms with Gasteiger partial charge in [-0.1, -0.05) is 0 Å². The van der Waals surface area contributed by atoms with Crippen molar-refractivity contribution in [1.82, 2.24) is 4.98 Å². The van der Waals surface area contributed by atoms with E-state index in [1.54, 1.807) is 5.38 Å². The van der Waals surface area contributed by atoms with Gasteiger partial charge in [-0.05, 0) is 18.2 Å². The van der Waals surface area contributed by atoms with Crippen LogP contribution in [-0.4, -0.2) is 33.1 Å². The summed E-state index contributed by atoms with van der Waals surface area (Å²) in [6.45, 7) is 0.0129. The van der Waals surface area contributed by atoms with Gasteiger partial charge in [0.2, 0.25) is 11.9 Å². The Hall–Kier alpha value is -3.66. The predicted octanol–water partition coefficient (Wildman–Crippen LogP) is 3.61. The van der Waals surface area contributed by atoms with Crippen molar-refractivity contribution < 1.29 is 24.6 Å². The molecule has 1 aliphatic heterocycles. The Morgan fingerprint density at radius 3 is 2.74 bits per heavy atom. The molecule has 0 saturated carbocycles. The number of phenols is 2. The number of ether oxygens (including phenoxy) is 2. The molecule has 1 aromatic heterocycles. The SMILES string of the molecule is O=[N+]([O-])c1cc2c(cc1/C=N/c1nc(-c3ccc(O)cc3O)cs1)OCO2. The van der Waals surface area contributed by atoms with Crippen molar-refractivity contribution >= 4 is 28.4 Å². The zero-order chi connectivity index (χ0) is 19.0. The number of aromatic nitrogens is 1. The largest absolute Gasteiger partial charge is 0.508 e. The number of phenolic OH excluding ortho intramolecular Hbond substituents is 2. The smallest absolute Gasteiger partial charge is 0.282 e. The van der Waals surface area contributed by atoms with Gasteiger partial charge in [-0.25, -0.2) is 9.98 Å². The lowest BCUT2D eigenvalue weighted by atomic mass is 10.1. The van der Waals surface area contributed by atoms with Gasteiger partial charge in [-0.2, -0.15) is 0 Å². The Labute approximate surface area is 155 Å². The molecule has 0 atom stereocenters. The molecule has 0 fully saturated rings. The molecular formula is C17H11N3O6S. The first-order valence-electron chi connectivity index (χ1n) is 7.61. The van der Waals surface area contributed by atoms with Gasteiger partial charge in [0, 0.05) is 23.2 Å². The molecular weight excluding hydrogens is 374 g/mol. The standard InChI is InChI=1S/C17H11N3O6S/c21-10-1-2-11(14(22)4-10)12-7-27-17(19-12)18-6-9-3-15-16(26-8-25-15)5-13(9)20(23)24/h1-7,21-22H,8H2/b18-6+. The summed E-state index contributed by atoms with van der Waals surface area (Å²) in [6.07, 6.45) is 1.33. The molecule has 0 unspecified atom stereocenters. The summed E-state index contributed by atoms with van der Waals surface area (Å²) in [5.74, 6) is 0.566. The summed E-state index contributed by atoms with van der Waals surface area (Å²) < 4.78 is 10.4. The number of nitrogens with zero attached hydrogens (tertiary/aromatic N) is 3. The van der Waals surface area contributed by atoms with Gasteiger partial charge in [0.15, 0.2) is 11.5 Å². The molecule has 0 bridgehead atoms. The number of hydrogen-bond donors (Lipinski definition) is 2. The zero-order valence-corrected chi connectivity index (χ0v) is 14.3. The summed E-state index contributed by atoms with van der Waals surface area (Å²) >= 11 is 1.21. The number of nitro groups is 1. The van der Waals surface area contributed by atoms with Crippen LogP contribution in [0.15, 0.2) is 40.7 Å². The summed E-state index contributed by atoms with van der Waals surface area (Å²) in [4.78, 5) is 19.2. The van der Waals surface area contributed by atoms with Crippen molar-refractivity contribution in [2.45, 2.75) is 0 Å². The molecule has 2 heterocycles. The topological polar surface area (TPSA) is 127 Å². The number of fused-ring (bicyclic) bond motifs is 1. The lowest BCUT2D eigenvalue weighted by molar-refractivity contribution is -0.385. The highest BCUT2D eigenvalue weighted by Gasteiger charge is 2.22. The maximum Gasteiger partial charge on any atom is 0.282 e. The number of thiazole rings is 1. The minimum atomic E-state index is -0.523. The molecule has 0 amide bonds. The van der Waals surface area contributed by atoms with E-state index in [1.165, 1.54) is 47.9 Å². The highest BCUT2D eigenvalue weighted by atomic mass is 32.1. The Balaban J connectivity index is 1.64. The number of benzene rings is 2. The molecule has 4 rings (SSSR count). The first-order chi connectivity index (χ1) is 13.0. The van der Waals surface area contributed by atoms with Crippen molar-refractivity contribution in [1.29, 1.82) is 0 Å². The fourth-order valence-electron chi connectivity index (χ4n) is 2.52. The molecule has 2 aromatic carbocycles. The average Bonchev–Trinajstić information content (AvgIpc) is 3.27. The van der Waals surface area contributed by atoms with Crippen molar-refractivity contribution in [3.63, 3.8) is 0 Å². The maximum absolute atomic E-state index is 11.3. The van der Waals surface area contributed by atoms with Gasteiger partial charge in [-0.15, -0.1) is 11.3 Å². The predicted molar refractivity (Wildman–Crippen MR) is 97.4 cm³/mol. The molecule has 3 aromatic rings. The fourth-order valence-corrected chi connectivity index (χ4v) is 3.18. The van der Waals surface area contributed by atoms with Gasteiger partial charge in [0.25, 0.3) is 5.69 Å². The first kappa shape index (κ1) is 16.8. The second-order valence-electron chi connectivity index (χ2n) is 5.50. The molecule has 0 spiro atoms. The minimum Gasteiger partial charge on any atom is -0.508 e. The van der Waals surface area contributed by atoms with Gasteiger partial charge in [0.1, 0.15) is 11.5 Å². The van der Waals surface area contributed by atoms with Gasteiger partial charge < -0.3 is 19.7 Å². The molecule has 0 aliphatic carbocycles. The van der Waals surface area contributed by atoms with Crippen LogP contribution in [0.3, 0.4) is 0 Å². The number of rotatable bonds is 4. The van der Waals surface area contributed by atoms with Crippen LogP contribution in [0.1, 0.15) is 5.56 Å². The van der Waals surface area contributed by atoms with Crippen LogP contribution in [0.2, 0.25) is 0 Å². The highest BCUT2D eigenvalue weighted by molar-refractivity contribution is 7.13. The number of nitro benzene ring substituents is 1. The first-order valence-corrected chi connectivity index (χ1v) is 8.49. The Kier molecular flexibility index (Phi) is 4.09. The van der Waals surface area contributed by atoms with Crippen LogP contribution < -0.4 is 9.47 Å². The lowest BCUT2D eigenvalue weighted by Crippen LogP contribution is -1.94. The molecule has 1 aliphatic rings. The van der Waals surface area contributed by atoms with Crippen LogP contribution in [0.5, 0.6) is 23.0 Å². The van der Waals surface area contributed by atoms with Gasteiger partial charge in [0.05, 0.1) is 22.2 Å². The minimum absolute atomic E-state index is 0.0129. The number of aliphatic imine (C=N–C) groups is 1. The molecule has 0 saturated heterocycles. The molecule has 0 radical (unpaired) electrons. The van der Waals surface area contributed by atoms with Crippen LogP contribution in [0.25, 0.3) is 11.3 Å². The van der Waals surface area contributed by atoms with Crippen LogP contribution in [-0.2, 0) is 0 Å². The van der Waals surface area contributed by atoms with Crippen molar-refractivity contribution in [2.24, 2.45) is 4.99 Å². The van der Waals surface area contributed by atoms with E-state index < -0.39 is 4.92 Å². The summed E-state index contributed by atoms with van der Waals surface area (Å²) in [5, 5.41) is 32.6. The Morgan fingerprint density at radius 2 is 2.00 bits per heavy atom. The van der Waals surface area contributed by atoms with Crippen molar-refractivity contribution in [2.75, 3.05) is 6.79 Å². The summed E-state index contributed by atoms with van der Waals surface area (Å²) in [7, 11) is 0. The summed E-state index contributed by atoms with van der Waals surface area (Å²) in [5.41, 5.74) is 1.02.